The highest BCUT2D eigenvalue weighted by molar-refractivity contribution is 9.10. The van der Waals surface area contributed by atoms with Gasteiger partial charge in [-0.25, -0.2) is 4.79 Å². The Hall–Kier alpha value is -1.89. The lowest BCUT2D eigenvalue weighted by atomic mass is 10.1. The third-order valence-corrected chi connectivity index (χ3v) is 4.14. The van der Waals surface area contributed by atoms with Crippen LogP contribution in [-0.2, 0) is 0 Å². The number of benzene rings is 1. The lowest BCUT2D eigenvalue weighted by Crippen LogP contribution is -2.32. The second-order valence-electron chi connectivity index (χ2n) is 5.22. The van der Waals surface area contributed by atoms with Gasteiger partial charge >= 0.3 is 6.03 Å². The van der Waals surface area contributed by atoms with Crippen molar-refractivity contribution < 1.29 is 9.32 Å². The van der Waals surface area contributed by atoms with Crippen LogP contribution in [0.5, 0.6) is 0 Å². The molecule has 3 rings (SSSR count). The van der Waals surface area contributed by atoms with Gasteiger partial charge in [0, 0.05) is 10.4 Å². The smallest absolute Gasteiger partial charge is 0.312 e. The standard InChI is InChI=1S/C14H15BrN4O2/c1-7(17-14(16)20)12-18-13(21-19-12)11-6-10(11)8-2-4-9(15)5-3-8/h2-5,7,10-11H,6H2,1H3,(H3,16,17,20)/t7-,10+,11-/m0/s1. The van der Waals surface area contributed by atoms with Crippen molar-refractivity contribution in [3.8, 4) is 0 Å². The van der Waals surface area contributed by atoms with Crippen LogP contribution >= 0.6 is 15.9 Å². The molecule has 1 aliphatic carbocycles. The zero-order chi connectivity index (χ0) is 15.0. The summed E-state index contributed by atoms with van der Waals surface area (Å²) >= 11 is 3.43. The molecule has 3 N–H and O–H groups in total. The Balaban J connectivity index is 1.68. The van der Waals surface area contributed by atoms with Crippen molar-refractivity contribution in [1.29, 1.82) is 0 Å². The zero-order valence-electron chi connectivity index (χ0n) is 11.4. The van der Waals surface area contributed by atoms with Crippen LogP contribution in [-0.4, -0.2) is 16.2 Å². The first-order valence-corrected chi connectivity index (χ1v) is 7.49. The summed E-state index contributed by atoms with van der Waals surface area (Å²) < 4.78 is 6.37. The first-order valence-electron chi connectivity index (χ1n) is 6.69. The molecule has 2 aromatic rings. The molecule has 1 saturated carbocycles. The van der Waals surface area contributed by atoms with Crippen molar-refractivity contribution in [1.82, 2.24) is 15.5 Å². The van der Waals surface area contributed by atoms with Crippen LogP contribution in [0.3, 0.4) is 0 Å². The van der Waals surface area contributed by atoms with E-state index in [1.165, 1.54) is 5.56 Å². The molecule has 1 aromatic heterocycles. The molecular formula is C14H15BrN4O2. The maximum Gasteiger partial charge on any atom is 0.312 e. The number of halogens is 1. The zero-order valence-corrected chi connectivity index (χ0v) is 13.0. The number of rotatable bonds is 4. The van der Waals surface area contributed by atoms with Crippen LogP contribution in [0, 0.1) is 0 Å². The number of primary amides is 1. The number of nitrogens with two attached hydrogens (primary N) is 1. The van der Waals surface area contributed by atoms with E-state index in [1.54, 1.807) is 6.92 Å². The molecule has 0 unspecified atom stereocenters. The van der Waals surface area contributed by atoms with E-state index in [0.717, 1.165) is 10.9 Å². The number of hydrogen-bond acceptors (Lipinski definition) is 4. The Morgan fingerprint density at radius 1 is 1.43 bits per heavy atom. The van der Waals surface area contributed by atoms with Crippen LogP contribution in [0.1, 0.15) is 48.5 Å². The van der Waals surface area contributed by atoms with Gasteiger partial charge in [0.25, 0.3) is 0 Å². The summed E-state index contributed by atoms with van der Waals surface area (Å²) in [4.78, 5) is 15.2. The minimum Gasteiger partial charge on any atom is -0.352 e. The average Bonchev–Trinajstić information content (AvgIpc) is 3.07. The molecule has 110 valence electrons. The molecule has 21 heavy (non-hydrogen) atoms. The number of hydrogen-bond donors (Lipinski definition) is 2. The SMILES string of the molecule is C[C@H](NC(N)=O)c1noc([C@H]2C[C@@H]2c2ccc(Br)cc2)n1. The number of urea groups is 1. The maximum absolute atomic E-state index is 10.8. The van der Waals surface area contributed by atoms with Crippen molar-refractivity contribution in [3.63, 3.8) is 0 Å². The van der Waals surface area contributed by atoms with Crippen molar-refractivity contribution in [2.45, 2.75) is 31.2 Å². The highest BCUT2D eigenvalue weighted by atomic mass is 79.9. The third kappa shape index (κ3) is 3.07. The normalized spacial score (nSPS) is 21.8. The highest BCUT2D eigenvalue weighted by Crippen LogP contribution is 2.54. The molecule has 3 atom stereocenters. The summed E-state index contributed by atoms with van der Waals surface area (Å²) in [6, 6.07) is 7.30. The molecule has 0 saturated heterocycles. The fourth-order valence-corrected chi connectivity index (χ4v) is 2.66. The van der Waals surface area contributed by atoms with Gasteiger partial charge in [0.15, 0.2) is 5.82 Å². The molecule has 0 bridgehead atoms. The molecule has 7 heteroatoms. The minimum absolute atomic E-state index is 0.258. The van der Waals surface area contributed by atoms with Crippen LogP contribution in [0.2, 0.25) is 0 Å². The van der Waals surface area contributed by atoms with Gasteiger partial charge in [-0.3, -0.25) is 0 Å². The number of amides is 2. The van der Waals surface area contributed by atoms with Crippen molar-refractivity contribution in [3.05, 3.63) is 46.0 Å². The number of nitrogens with zero attached hydrogens (tertiary/aromatic N) is 2. The van der Waals surface area contributed by atoms with E-state index in [-0.39, 0.29) is 12.0 Å². The topological polar surface area (TPSA) is 94.0 Å². The van der Waals surface area contributed by atoms with E-state index in [4.69, 9.17) is 10.3 Å². The predicted molar refractivity (Wildman–Crippen MR) is 79.7 cm³/mol. The first-order chi connectivity index (χ1) is 10.0. The summed E-state index contributed by atoms with van der Waals surface area (Å²) in [6.45, 7) is 1.76. The second-order valence-corrected chi connectivity index (χ2v) is 6.14. The minimum atomic E-state index is -0.604. The van der Waals surface area contributed by atoms with E-state index in [9.17, 15) is 4.79 Å². The molecule has 0 radical (unpaired) electrons. The summed E-state index contributed by atoms with van der Waals surface area (Å²) in [6.07, 6.45) is 1.00. The quantitative estimate of drug-likeness (QED) is 0.886. The van der Waals surface area contributed by atoms with Gasteiger partial charge in [-0.2, -0.15) is 4.98 Å². The molecule has 2 amide bonds. The summed E-state index contributed by atoms with van der Waals surface area (Å²) in [5, 5.41) is 6.44. The summed E-state index contributed by atoms with van der Waals surface area (Å²) in [7, 11) is 0. The van der Waals surface area contributed by atoms with E-state index >= 15 is 0 Å². The van der Waals surface area contributed by atoms with Gasteiger partial charge in [0.05, 0.1) is 6.04 Å². The number of carbonyl (C=O) groups is 1. The largest absolute Gasteiger partial charge is 0.352 e. The highest BCUT2D eigenvalue weighted by Gasteiger charge is 2.43. The van der Waals surface area contributed by atoms with Gasteiger partial charge in [0.1, 0.15) is 0 Å². The molecule has 1 fully saturated rings. The Morgan fingerprint density at radius 3 is 2.81 bits per heavy atom. The van der Waals surface area contributed by atoms with Crippen LogP contribution in [0.4, 0.5) is 4.79 Å². The molecule has 0 spiro atoms. The Labute approximate surface area is 130 Å². The number of aromatic nitrogens is 2. The van der Waals surface area contributed by atoms with E-state index in [1.807, 2.05) is 12.1 Å². The second kappa shape index (κ2) is 5.48. The predicted octanol–water partition coefficient (Wildman–Crippen LogP) is 2.83. The fourth-order valence-electron chi connectivity index (χ4n) is 2.40. The molecule has 0 aliphatic heterocycles. The van der Waals surface area contributed by atoms with Gasteiger partial charge in [-0.15, -0.1) is 0 Å². The summed E-state index contributed by atoms with van der Waals surface area (Å²) in [5.41, 5.74) is 6.35. The van der Waals surface area contributed by atoms with Gasteiger partial charge < -0.3 is 15.6 Å². The van der Waals surface area contributed by atoms with E-state index < -0.39 is 6.03 Å². The monoisotopic (exact) mass is 350 g/mol. The van der Waals surface area contributed by atoms with E-state index in [0.29, 0.717) is 17.6 Å². The van der Waals surface area contributed by atoms with E-state index in [2.05, 4.69) is 43.5 Å². The molecule has 6 nitrogen and oxygen atoms in total. The fraction of sp³-hybridized carbons (Fsp3) is 0.357. The molecular weight excluding hydrogens is 336 g/mol. The van der Waals surface area contributed by atoms with Crippen LogP contribution in [0.25, 0.3) is 0 Å². The Bertz CT molecular complexity index is 655. The van der Waals surface area contributed by atoms with Crippen LogP contribution < -0.4 is 11.1 Å². The maximum atomic E-state index is 10.8. The molecule has 1 aliphatic rings. The lowest BCUT2D eigenvalue weighted by Gasteiger charge is -2.05. The van der Waals surface area contributed by atoms with Crippen molar-refractivity contribution in [2.24, 2.45) is 5.73 Å². The van der Waals surface area contributed by atoms with Crippen LogP contribution in [0.15, 0.2) is 33.3 Å². The molecule has 1 heterocycles. The van der Waals surface area contributed by atoms with Gasteiger partial charge in [-0.05, 0) is 37.0 Å². The Kier molecular flexibility index (Phi) is 3.67. The average molecular weight is 351 g/mol. The lowest BCUT2D eigenvalue weighted by molar-refractivity contribution is 0.245. The van der Waals surface area contributed by atoms with Crippen molar-refractivity contribution >= 4 is 22.0 Å². The summed E-state index contributed by atoms with van der Waals surface area (Å²) in [5.74, 6) is 1.75. The van der Waals surface area contributed by atoms with Gasteiger partial charge in [-0.1, -0.05) is 33.2 Å². The Morgan fingerprint density at radius 2 is 2.14 bits per heavy atom. The van der Waals surface area contributed by atoms with Gasteiger partial charge in [0.2, 0.25) is 5.89 Å². The third-order valence-electron chi connectivity index (χ3n) is 3.61. The first kappa shape index (κ1) is 14.1. The van der Waals surface area contributed by atoms with Crippen molar-refractivity contribution in [2.75, 3.05) is 0 Å². The number of nitrogens with one attached hydrogen (secondary N) is 1. The molecule has 1 aromatic carbocycles. The number of carbonyl (C=O) groups excluding carboxylic acids is 1.